The molecule has 0 unspecified atom stereocenters. The Morgan fingerprint density at radius 1 is 1.15 bits per heavy atom. The first-order valence-corrected chi connectivity index (χ1v) is 8.89. The van der Waals surface area contributed by atoms with Crippen LogP contribution in [0.1, 0.15) is 10.5 Å². The molecule has 1 aromatic heterocycles. The second-order valence-corrected chi connectivity index (χ2v) is 6.58. The summed E-state index contributed by atoms with van der Waals surface area (Å²) in [6.07, 6.45) is 1.55. The van der Waals surface area contributed by atoms with Gasteiger partial charge in [0.15, 0.2) is 0 Å². The summed E-state index contributed by atoms with van der Waals surface area (Å²) in [6, 6.07) is 4.95. The normalized spacial score (nSPS) is 14.7. The summed E-state index contributed by atoms with van der Waals surface area (Å²) >= 11 is 6.13. The number of ether oxygens (including phenoxy) is 2. The fraction of sp³-hybridized carbons (Fsp3) is 0.389. The molecule has 1 amide bonds. The van der Waals surface area contributed by atoms with Gasteiger partial charge < -0.3 is 24.6 Å². The van der Waals surface area contributed by atoms with E-state index in [1.165, 1.54) is 14.2 Å². The van der Waals surface area contributed by atoms with E-state index >= 15 is 0 Å². The Balaban J connectivity index is 1.81. The van der Waals surface area contributed by atoms with Crippen LogP contribution in [0.15, 0.2) is 24.4 Å². The lowest BCUT2D eigenvalue weighted by Gasteiger charge is -2.32. The van der Waals surface area contributed by atoms with E-state index in [9.17, 15) is 4.79 Å². The first kappa shape index (κ1) is 19.2. The summed E-state index contributed by atoms with van der Waals surface area (Å²) in [4.78, 5) is 25.3. The largest absolute Gasteiger partial charge is 0.495 e. The van der Waals surface area contributed by atoms with E-state index in [1.54, 1.807) is 29.3 Å². The molecular formula is C18H22ClN5O3. The van der Waals surface area contributed by atoms with Gasteiger partial charge in [-0.3, -0.25) is 4.79 Å². The summed E-state index contributed by atoms with van der Waals surface area (Å²) in [6.45, 7) is 3.07. The molecule has 2 heterocycles. The number of benzene rings is 1. The maximum atomic E-state index is 12.7. The minimum Gasteiger partial charge on any atom is -0.495 e. The van der Waals surface area contributed by atoms with Crippen molar-refractivity contribution in [2.75, 3.05) is 52.8 Å². The van der Waals surface area contributed by atoms with Crippen molar-refractivity contribution in [2.24, 2.45) is 0 Å². The minimum atomic E-state index is -0.103. The zero-order valence-corrected chi connectivity index (χ0v) is 16.3. The predicted molar refractivity (Wildman–Crippen MR) is 103 cm³/mol. The number of hydrogen-bond donors (Lipinski definition) is 1. The highest BCUT2D eigenvalue weighted by atomic mass is 35.5. The summed E-state index contributed by atoms with van der Waals surface area (Å²) < 4.78 is 10.6. The number of nitrogens with one attached hydrogen (secondary N) is 1. The fourth-order valence-electron chi connectivity index (χ4n) is 2.79. The zero-order valence-electron chi connectivity index (χ0n) is 15.5. The number of carbonyl (C=O) groups excluding carboxylic acids is 1. The summed E-state index contributed by atoms with van der Waals surface area (Å²) in [5.74, 6) is 1.19. The number of carbonyl (C=O) groups is 1. The monoisotopic (exact) mass is 391 g/mol. The van der Waals surface area contributed by atoms with Crippen LogP contribution in [-0.4, -0.2) is 73.1 Å². The molecule has 8 nitrogen and oxygen atoms in total. The van der Waals surface area contributed by atoms with E-state index in [1.807, 2.05) is 7.05 Å². The number of aromatic nitrogens is 2. The van der Waals surface area contributed by atoms with Gasteiger partial charge in [0.2, 0.25) is 5.95 Å². The van der Waals surface area contributed by atoms with Crippen molar-refractivity contribution in [1.82, 2.24) is 19.8 Å². The van der Waals surface area contributed by atoms with Gasteiger partial charge in [-0.05, 0) is 13.1 Å². The second kappa shape index (κ2) is 8.41. The average molecular weight is 392 g/mol. The van der Waals surface area contributed by atoms with Crippen molar-refractivity contribution in [2.45, 2.75) is 0 Å². The van der Waals surface area contributed by atoms with Crippen LogP contribution in [0.4, 0.5) is 11.6 Å². The van der Waals surface area contributed by atoms with Gasteiger partial charge in [0, 0.05) is 44.5 Å². The average Bonchev–Trinajstić information content (AvgIpc) is 2.69. The Bertz CT molecular complexity index is 825. The number of likely N-dealkylation sites (N-methyl/N-ethyl adjacent to an activating group) is 1. The highest BCUT2D eigenvalue weighted by molar-refractivity contribution is 6.32. The Kier molecular flexibility index (Phi) is 5.98. The van der Waals surface area contributed by atoms with Crippen LogP contribution >= 0.6 is 11.6 Å². The van der Waals surface area contributed by atoms with E-state index in [-0.39, 0.29) is 11.9 Å². The molecule has 3 rings (SSSR count). The maximum Gasteiger partial charge on any atom is 0.272 e. The van der Waals surface area contributed by atoms with Crippen molar-refractivity contribution in [3.8, 4) is 11.5 Å². The van der Waals surface area contributed by atoms with Gasteiger partial charge >= 0.3 is 0 Å². The van der Waals surface area contributed by atoms with Gasteiger partial charge in [-0.25, -0.2) is 9.97 Å². The van der Waals surface area contributed by atoms with Crippen molar-refractivity contribution >= 4 is 29.1 Å². The third-order valence-electron chi connectivity index (χ3n) is 4.39. The van der Waals surface area contributed by atoms with E-state index in [2.05, 4.69) is 20.2 Å². The van der Waals surface area contributed by atoms with Crippen LogP contribution in [0.3, 0.4) is 0 Å². The van der Waals surface area contributed by atoms with Crippen molar-refractivity contribution in [3.63, 3.8) is 0 Å². The molecular weight excluding hydrogens is 370 g/mol. The molecule has 0 saturated carbocycles. The molecule has 1 aliphatic heterocycles. The van der Waals surface area contributed by atoms with Crippen LogP contribution in [0, 0.1) is 0 Å². The first-order valence-electron chi connectivity index (χ1n) is 8.51. The van der Waals surface area contributed by atoms with Crippen LogP contribution < -0.4 is 14.8 Å². The van der Waals surface area contributed by atoms with Crippen LogP contribution in [-0.2, 0) is 0 Å². The topological polar surface area (TPSA) is 79.8 Å². The quantitative estimate of drug-likeness (QED) is 0.837. The molecule has 1 saturated heterocycles. The summed E-state index contributed by atoms with van der Waals surface area (Å²) in [7, 11) is 5.11. The zero-order chi connectivity index (χ0) is 19.4. The Morgan fingerprint density at radius 2 is 1.85 bits per heavy atom. The maximum absolute atomic E-state index is 12.7. The minimum absolute atomic E-state index is 0.103. The lowest BCUT2D eigenvalue weighted by Crippen LogP contribution is -2.47. The molecule has 9 heteroatoms. The third-order valence-corrected chi connectivity index (χ3v) is 4.68. The molecule has 1 N–H and O–H groups in total. The highest BCUT2D eigenvalue weighted by Gasteiger charge is 2.22. The lowest BCUT2D eigenvalue weighted by atomic mass is 10.2. The van der Waals surface area contributed by atoms with Crippen molar-refractivity contribution in [3.05, 3.63) is 35.1 Å². The van der Waals surface area contributed by atoms with Crippen LogP contribution in [0.5, 0.6) is 11.5 Å². The van der Waals surface area contributed by atoms with E-state index < -0.39 is 0 Å². The Hall–Kier alpha value is -2.58. The number of halogens is 1. The van der Waals surface area contributed by atoms with E-state index in [0.717, 1.165) is 13.1 Å². The van der Waals surface area contributed by atoms with Gasteiger partial charge in [0.25, 0.3) is 5.91 Å². The van der Waals surface area contributed by atoms with Gasteiger partial charge in [-0.1, -0.05) is 11.6 Å². The molecule has 27 heavy (non-hydrogen) atoms. The number of rotatable bonds is 5. The molecule has 1 fully saturated rings. The third kappa shape index (κ3) is 4.40. The van der Waals surface area contributed by atoms with Gasteiger partial charge in [-0.2, -0.15) is 0 Å². The number of piperazine rings is 1. The summed E-state index contributed by atoms with van der Waals surface area (Å²) in [5.41, 5.74) is 0.930. The smallest absolute Gasteiger partial charge is 0.272 e. The van der Waals surface area contributed by atoms with Crippen LogP contribution in [0.2, 0.25) is 5.02 Å². The summed E-state index contributed by atoms with van der Waals surface area (Å²) in [5, 5.41) is 3.50. The molecule has 0 radical (unpaired) electrons. The number of anilines is 2. The Labute approximate surface area is 163 Å². The number of amides is 1. The lowest BCUT2D eigenvalue weighted by molar-refractivity contribution is 0.0658. The molecule has 2 aromatic rings. The predicted octanol–water partition coefficient (Wildman–Crippen LogP) is 2.28. The fourth-order valence-corrected chi connectivity index (χ4v) is 3.02. The van der Waals surface area contributed by atoms with Gasteiger partial charge in [-0.15, -0.1) is 0 Å². The molecule has 1 aromatic carbocycles. The number of hydrogen-bond acceptors (Lipinski definition) is 7. The van der Waals surface area contributed by atoms with E-state index in [0.29, 0.717) is 41.0 Å². The first-order chi connectivity index (χ1) is 13.0. The van der Waals surface area contributed by atoms with E-state index in [4.69, 9.17) is 21.1 Å². The van der Waals surface area contributed by atoms with Crippen molar-refractivity contribution in [1.29, 1.82) is 0 Å². The molecule has 0 spiro atoms. The molecule has 144 valence electrons. The van der Waals surface area contributed by atoms with Gasteiger partial charge in [0.05, 0.1) is 24.9 Å². The molecule has 0 atom stereocenters. The second-order valence-electron chi connectivity index (χ2n) is 6.17. The molecule has 0 aliphatic carbocycles. The Morgan fingerprint density at radius 3 is 2.52 bits per heavy atom. The molecule has 1 aliphatic rings. The highest BCUT2D eigenvalue weighted by Crippen LogP contribution is 2.36. The standard InChI is InChI=1S/C18H22ClN5O3/c1-23-6-8-24(9-7-23)17(25)13-4-5-20-18(21-13)22-14-11-15(26-2)12(19)10-16(14)27-3/h4-5,10-11H,6-9H2,1-3H3,(H,20,21,22). The van der Waals surface area contributed by atoms with Crippen LogP contribution in [0.25, 0.3) is 0 Å². The number of methoxy groups -OCH3 is 2. The number of nitrogens with zero attached hydrogens (tertiary/aromatic N) is 4. The van der Waals surface area contributed by atoms with Gasteiger partial charge in [0.1, 0.15) is 17.2 Å². The SMILES string of the molecule is COc1cc(Nc2nccc(C(=O)N3CCN(C)CC3)n2)c(OC)cc1Cl. The molecule has 0 bridgehead atoms. The van der Waals surface area contributed by atoms with Crippen molar-refractivity contribution < 1.29 is 14.3 Å².